The molecule has 0 aliphatic rings. The zero-order chi connectivity index (χ0) is 46.6. The van der Waals surface area contributed by atoms with E-state index in [-0.39, 0.29) is 5.92 Å². The first-order chi connectivity index (χ1) is 34.0. The maximum atomic E-state index is 6.33. The van der Waals surface area contributed by atoms with Crippen molar-refractivity contribution < 1.29 is 0 Å². The van der Waals surface area contributed by atoms with Crippen molar-refractivity contribution in [2.24, 2.45) is 5.73 Å². The number of nitrogens with one attached hydrogen (secondary N) is 1. The second-order valence-corrected chi connectivity index (χ2v) is 18.1. The van der Waals surface area contributed by atoms with Crippen molar-refractivity contribution in [3.8, 4) is 34.2 Å². The molecule has 8 aromatic carbocycles. The zero-order valence-corrected chi connectivity index (χ0v) is 39.0. The maximum absolute atomic E-state index is 6.33. The molecular formula is C62H51N7. The maximum Gasteiger partial charge on any atom is 0.163 e. The van der Waals surface area contributed by atoms with E-state index in [9.17, 15) is 0 Å². The molecule has 1 atom stereocenters. The summed E-state index contributed by atoms with van der Waals surface area (Å²) in [4.78, 5) is 19.4. The molecule has 0 aliphatic heterocycles. The van der Waals surface area contributed by atoms with E-state index in [4.69, 9.17) is 20.7 Å². The van der Waals surface area contributed by atoms with Gasteiger partial charge in [0.15, 0.2) is 11.6 Å². The molecule has 0 spiro atoms. The van der Waals surface area contributed by atoms with Crippen molar-refractivity contribution in [3.63, 3.8) is 0 Å². The van der Waals surface area contributed by atoms with E-state index >= 15 is 0 Å². The highest BCUT2D eigenvalue weighted by molar-refractivity contribution is 6.16. The first-order valence-corrected chi connectivity index (χ1v) is 24.0. The van der Waals surface area contributed by atoms with Crippen molar-refractivity contribution in [3.05, 3.63) is 217 Å². The Balaban J connectivity index is 1.09. The van der Waals surface area contributed by atoms with E-state index in [2.05, 4.69) is 211 Å². The number of hydrogen-bond donors (Lipinski definition) is 2. The van der Waals surface area contributed by atoms with E-state index in [1.165, 1.54) is 60.2 Å². The van der Waals surface area contributed by atoms with Crippen LogP contribution in [0.3, 0.4) is 0 Å². The third-order valence-electron chi connectivity index (χ3n) is 14.1. The smallest absolute Gasteiger partial charge is 0.163 e. The Bertz CT molecular complexity index is 3930. The highest BCUT2D eigenvalue weighted by atomic mass is 15.0. The lowest BCUT2D eigenvalue weighted by molar-refractivity contribution is 0.617. The van der Waals surface area contributed by atoms with Crippen molar-refractivity contribution >= 4 is 71.0 Å². The topological polar surface area (TPSA) is 90.3 Å². The minimum absolute atomic E-state index is 0.0413. The lowest BCUT2D eigenvalue weighted by Crippen LogP contribution is -2.10. The number of para-hydroxylation sites is 5. The summed E-state index contributed by atoms with van der Waals surface area (Å²) in [7, 11) is 0. The molecule has 4 aromatic heterocycles. The highest BCUT2D eigenvalue weighted by Crippen LogP contribution is 2.45. The first-order valence-electron chi connectivity index (χ1n) is 24.0. The number of aromatic amines is 1. The van der Waals surface area contributed by atoms with Crippen molar-refractivity contribution in [1.29, 1.82) is 0 Å². The molecular weight excluding hydrogens is 843 g/mol. The second-order valence-electron chi connectivity index (χ2n) is 18.1. The van der Waals surface area contributed by atoms with Gasteiger partial charge < -0.3 is 19.9 Å². The summed E-state index contributed by atoms with van der Waals surface area (Å²) in [6, 6.07) is 64.8. The third-order valence-corrected chi connectivity index (χ3v) is 14.1. The molecule has 7 heteroatoms. The van der Waals surface area contributed by atoms with Gasteiger partial charge in [0.2, 0.25) is 0 Å². The number of rotatable bonds is 11. The van der Waals surface area contributed by atoms with Crippen LogP contribution in [0.25, 0.3) is 105 Å². The van der Waals surface area contributed by atoms with Gasteiger partial charge in [-0.15, -0.1) is 0 Å². The second kappa shape index (κ2) is 17.4. The minimum atomic E-state index is -0.0413. The number of hydrogen-bond acceptors (Lipinski definition) is 4. The molecule has 0 radical (unpaired) electrons. The number of aromatic nitrogens is 6. The lowest BCUT2D eigenvalue weighted by Gasteiger charge is -2.22. The predicted octanol–water partition coefficient (Wildman–Crippen LogP) is 15.2. The molecule has 12 aromatic rings. The van der Waals surface area contributed by atoms with Gasteiger partial charge in [-0.2, -0.15) is 0 Å². The summed E-state index contributed by atoms with van der Waals surface area (Å²) in [6.07, 6.45) is 5.84. The molecule has 7 nitrogen and oxygen atoms in total. The molecule has 3 N–H and O–H groups in total. The van der Waals surface area contributed by atoms with E-state index in [1.54, 1.807) is 0 Å². The van der Waals surface area contributed by atoms with Gasteiger partial charge in [-0.05, 0) is 110 Å². The Morgan fingerprint density at radius 1 is 0.580 bits per heavy atom. The number of benzene rings is 8. The van der Waals surface area contributed by atoms with Crippen LogP contribution in [0.1, 0.15) is 49.6 Å². The highest BCUT2D eigenvalue weighted by Gasteiger charge is 2.26. The van der Waals surface area contributed by atoms with Crippen LogP contribution in [0.2, 0.25) is 0 Å². The molecule has 69 heavy (non-hydrogen) atoms. The van der Waals surface area contributed by atoms with Crippen LogP contribution in [0.4, 0.5) is 0 Å². The SMILES string of the molecule is CCC(CC(/C=C\CN)=C(/C)c1c(C)c(-n2c3ccccc3c3ccccc32)cc2c1c1ccccc1n2-c1ccccc1)c1nc(-c2ccccc2)nc(-c2ccc3[nH]c4ccccc4c3c2)n1. The van der Waals surface area contributed by atoms with Crippen LogP contribution in [-0.2, 0) is 0 Å². The quantitative estimate of drug-likeness (QED) is 0.127. The number of allylic oxidation sites excluding steroid dienone is 3. The summed E-state index contributed by atoms with van der Waals surface area (Å²) in [5.41, 5.74) is 22.2. The molecule has 4 heterocycles. The Labute approximate surface area is 400 Å². The molecule has 334 valence electrons. The summed E-state index contributed by atoms with van der Waals surface area (Å²) in [5.74, 6) is 2.06. The average molecular weight is 894 g/mol. The summed E-state index contributed by atoms with van der Waals surface area (Å²) in [5, 5.41) is 7.21. The number of nitrogens with two attached hydrogens (primary N) is 1. The van der Waals surface area contributed by atoms with Gasteiger partial charge in [0.25, 0.3) is 0 Å². The minimum Gasteiger partial charge on any atom is -0.355 e. The molecule has 0 saturated carbocycles. The van der Waals surface area contributed by atoms with Crippen molar-refractivity contribution in [1.82, 2.24) is 29.1 Å². The third kappa shape index (κ3) is 7.13. The standard InChI is InChI=1S/C62H51N7/c1-4-41(60-65-61(42-20-7-5-8-21-42)67-62(66-60)44-33-34-52-50(37-44)46-25-11-15-29-51(46)64-52)36-43(22-19-35-63)39(2)58-40(3)56(69-53-30-16-12-26-47(53)48-27-13-17-31-54(48)69)38-57-59(58)49-28-14-18-32-55(49)68(57)45-23-9-6-10-24-45/h5-34,37-38,41,64H,4,35-36,63H2,1-3H3/b22-19-,43-39-. The first kappa shape index (κ1) is 42.0. The molecule has 0 bridgehead atoms. The predicted molar refractivity (Wildman–Crippen MR) is 288 cm³/mol. The van der Waals surface area contributed by atoms with Gasteiger partial charge in [-0.25, -0.2) is 15.0 Å². The molecule has 1 unspecified atom stereocenters. The van der Waals surface area contributed by atoms with Crippen molar-refractivity contribution in [2.75, 3.05) is 6.54 Å². The van der Waals surface area contributed by atoms with Gasteiger partial charge in [0, 0.05) is 72.6 Å². The fourth-order valence-electron chi connectivity index (χ4n) is 10.8. The zero-order valence-electron chi connectivity index (χ0n) is 39.0. The van der Waals surface area contributed by atoms with Crippen molar-refractivity contribution in [2.45, 2.75) is 39.5 Å². The van der Waals surface area contributed by atoms with E-state index < -0.39 is 0 Å². The fourth-order valence-corrected chi connectivity index (χ4v) is 10.8. The van der Waals surface area contributed by atoms with Gasteiger partial charge in [-0.3, -0.25) is 0 Å². The molecule has 0 aliphatic carbocycles. The molecule has 0 saturated heterocycles. The molecule has 0 fully saturated rings. The van der Waals surface area contributed by atoms with E-state index in [0.29, 0.717) is 24.6 Å². The van der Waals surface area contributed by atoms with E-state index in [1.807, 2.05) is 18.2 Å². The largest absolute Gasteiger partial charge is 0.355 e. The molecule has 0 amide bonds. The summed E-state index contributed by atoms with van der Waals surface area (Å²) < 4.78 is 4.91. The number of H-pyrrole nitrogens is 1. The lowest BCUT2D eigenvalue weighted by atomic mass is 9.86. The van der Waals surface area contributed by atoms with Gasteiger partial charge in [0.05, 0.1) is 27.8 Å². The summed E-state index contributed by atoms with van der Waals surface area (Å²) >= 11 is 0. The average Bonchev–Trinajstić information content (AvgIpc) is 4.06. The Morgan fingerprint density at radius 3 is 1.84 bits per heavy atom. The normalized spacial score (nSPS) is 12.9. The fraction of sp³-hybridized carbons (Fsp3) is 0.113. The Hall–Kier alpha value is -8.39. The van der Waals surface area contributed by atoms with E-state index in [0.717, 1.165) is 62.2 Å². The van der Waals surface area contributed by atoms with Crippen LogP contribution in [-0.4, -0.2) is 35.6 Å². The monoisotopic (exact) mass is 893 g/mol. The number of fused-ring (bicyclic) bond motifs is 9. The van der Waals surface area contributed by atoms with Gasteiger partial charge in [0.1, 0.15) is 5.82 Å². The van der Waals surface area contributed by atoms with Gasteiger partial charge in [-0.1, -0.05) is 140 Å². The molecule has 12 rings (SSSR count). The van der Waals surface area contributed by atoms with Crippen LogP contribution >= 0.6 is 0 Å². The van der Waals surface area contributed by atoms with Gasteiger partial charge >= 0.3 is 0 Å². The van der Waals surface area contributed by atoms with Crippen LogP contribution in [0.15, 0.2) is 200 Å². The van der Waals surface area contributed by atoms with Crippen LogP contribution in [0, 0.1) is 6.92 Å². The Kier molecular flexibility index (Phi) is 10.6. The Morgan fingerprint density at radius 2 is 1.16 bits per heavy atom. The summed E-state index contributed by atoms with van der Waals surface area (Å²) in [6.45, 7) is 7.27. The van der Waals surface area contributed by atoms with Crippen LogP contribution < -0.4 is 5.73 Å². The number of nitrogens with zero attached hydrogens (tertiary/aromatic N) is 5. The van der Waals surface area contributed by atoms with Crippen LogP contribution in [0.5, 0.6) is 0 Å².